The maximum Gasteiger partial charge on any atom is 0.251 e. The molecule has 0 radical (unpaired) electrons. The molecule has 0 saturated carbocycles. The summed E-state index contributed by atoms with van der Waals surface area (Å²) in [5.41, 5.74) is 1.71. The van der Waals surface area contributed by atoms with Crippen LogP contribution in [0.5, 0.6) is 5.75 Å². The first kappa shape index (κ1) is 17.8. The van der Waals surface area contributed by atoms with E-state index in [9.17, 15) is 4.79 Å². The van der Waals surface area contributed by atoms with E-state index in [4.69, 9.17) is 4.74 Å². The predicted octanol–water partition coefficient (Wildman–Crippen LogP) is 3.25. The molecule has 1 aromatic rings. The summed E-state index contributed by atoms with van der Waals surface area (Å²) in [6, 6.07) is 5.61. The van der Waals surface area contributed by atoms with Gasteiger partial charge in [0.05, 0.1) is 6.61 Å². The molecule has 1 heterocycles. The van der Waals surface area contributed by atoms with Crippen molar-refractivity contribution >= 4 is 5.91 Å². The van der Waals surface area contributed by atoms with E-state index in [0.717, 1.165) is 36.7 Å². The Morgan fingerprint density at radius 1 is 1.43 bits per heavy atom. The highest BCUT2D eigenvalue weighted by molar-refractivity contribution is 5.94. The molecule has 1 aromatic carbocycles. The average molecular weight is 318 g/mol. The van der Waals surface area contributed by atoms with Crippen LogP contribution < -0.4 is 10.1 Å². The van der Waals surface area contributed by atoms with Crippen molar-refractivity contribution in [3.8, 4) is 5.75 Å². The number of aryl methyl sites for hydroxylation is 1. The highest BCUT2D eigenvalue weighted by atomic mass is 16.5. The first-order valence-electron chi connectivity index (χ1n) is 8.84. The van der Waals surface area contributed by atoms with Gasteiger partial charge in [0.1, 0.15) is 5.75 Å². The molecule has 0 unspecified atom stereocenters. The summed E-state index contributed by atoms with van der Waals surface area (Å²) in [5, 5.41) is 3.02. The van der Waals surface area contributed by atoms with E-state index in [1.807, 2.05) is 32.0 Å². The molecule has 0 spiro atoms. The fourth-order valence-electron chi connectivity index (χ4n) is 3.20. The van der Waals surface area contributed by atoms with Crippen molar-refractivity contribution in [2.24, 2.45) is 5.92 Å². The molecule has 1 fully saturated rings. The number of hydrogen-bond donors (Lipinski definition) is 1. The molecule has 4 heteroatoms. The predicted molar refractivity (Wildman–Crippen MR) is 94.1 cm³/mol. The topological polar surface area (TPSA) is 41.6 Å². The van der Waals surface area contributed by atoms with Gasteiger partial charge in [0.2, 0.25) is 0 Å². The number of hydrogen-bond acceptors (Lipinski definition) is 3. The number of ether oxygens (including phenoxy) is 1. The largest absolute Gasteiger partial charge is 0.494 e. The summed E-state index contributed by atoms with van der Waals surface area (Å²) in [6.45, 7) is 11.1. The molecule has 23 heavy (non-hydrogen) atoms. The van der Waals surface area contributed by atoms with Gasteiger partial charge >= 0.3 is 0 Å². The average Bonchev–Trinajstić information content (AvgIpc) is 2.53. The van der Waals surface area contributed by atoms with Gasteiger partial charge in [-0.2, -0.15) is 0 Å². The molecule has 1 aliphatic heterocycles. The lowest BCUT2D eigenvalue weighted by Gasteiger charge is -2.30. The molecule has 1 aliphatic rings. The molecule has 1 atom stereocenters. The molecule has 0 aromatic heterocycles. The van der Waals surface area contributed by atoms with Gasteiger partial charge in [0.15, 0.2) is 0 Å². The van der Waals surface area contributed by atoms with Crippen LogP contribution in [-0.2, 0) is 0 Å². The number of likely N-dealkylation sites (tertiary alicyclic amines) is 1. The van der Waals surface area contributed by atoms with Gasteiger partial charge in [-0.3, -0.25) is 4.79 Å². The van der Waals surface area contributed by atoms with Crippen LogP contribution in [0, 0.1) is 12.8 Å². The molecule has 1 amide bonds. The summed E-state index contributed by atoms with van der Waals surface area (Å²) >= 11 is 0. The summed E-state index contributed by atoms with van der Waals surface area (Å²) < 4.78 is 5.51. The Morgan fingerprint density at radius 3 is 2.96 bits per heavy atom. The number of rotatable bonds is 7. The molecule has 128 valence electrons. The standard InChI is InChI=1S/C19H30N2O2/c1-4-23-18-9-8-17(13-16(18)3)19(22)20-10-6-12-21-11-5-7-15(2)14-21/h8-9,13,15H,4-7,10-12,14H2,1-3H3,(H,20,22)/t15-/m0/s1. The van der Waals surface area contributed by atoms with Crippen molar-refractivity contribution < 1.29 is 9.53 Å². The molecule has 4 nitrogen and oxygen atoms in total. The lowest BCUT2D eigenvalue weighted by molar-refractivity contribution is 0.0950. The Kier molecular flexibility index (Phi) is 6.90. The fourth-order valence-corrected chi connectivity index (χ4v) is 3.20. The Bertz CT molecular complexity index is 516. The molecular formula is C19H30N2O2. The van der Waals surface area contributed by atoms with Crippen LogP contribution in [0.4, 0.5) is 0 Å². The van der Waals surface area contributed by atoms with Gasteiger partial charge in [0, 0.05) is 18.7 Å². The number of carbonyl (C=O) groups is 1. The van der Waals surface area contributed by atoms with Crippen LogP contribution in [-0.4, -0.2) is 43.6 Å². The van der Waals surface area contributed by atoms with Gasteiger partial charge in [-0.1, -0.05) is 6.92 Å². The zero-order valence-corrected chi connectivity index (χ0v) is 14.7. The van der Waals surface area contributed by atoms with Gasteiger partial charge in [0.25, 0.3) is 5.91 Å². The Balaban J connectivity index is 1.73. The molecule has 0 bridgehead atoms. The molecule has 0 aliphatic carbocycles. The number of piperidine rings is 1. The zero-order valence-electron chi connectivity index (χ0n) is 14.7. The summed E-state index contributed by atoms with van der Waals surface area (Å²) in [6.07, 6.45) is 3.66. The van der Waals surface area contributed by atoms with Crippen LogP contribution in [0.2, 0.25) is 0 Å². The Morgan fingerprint density at radius 2 is 2.26 bits per heavy atom. The van der Waals surface area contributed by atoms with Crippen molar-refractivity contribution in [3.05, 3.63) is 29.3 Å². The van der Waals surface area contributed by atoms with Gasteiger partial charge < -0.3 is 15.0 Å². The van der Waals surface area contributed by atoms with E-state index >= 15 is 0 Å². The van der Waals surface area contributed by atoms with Crippen molar-refractivity contribution in [1.82, 2.24) is 10.2 Å². The Labute approximate surface area is 140 Å². The second-order valence-electron chi connectivity index (χ2n) is 6.57. The highest BCUT2D eigenvalue weighted by Gasteiger charge is 2.15. The quantitative estimate of drug-likeness (QED) is 0.785. The van der Waals surface area contributed by atoms with E-state index in [1.54, 1.807) is 0 Å². The summed E-state index contributed by atoms with van der Waals surface area (Å²) in [4.78, 5) is 14.7. The number of nitrogens with one attached hydrogen (secondary N) is 1. The van der Waals surface area contributed by atoms with Gasteiger partial charge in [-0.15, -0.1) is 0 Å². The summed E-state index contributed by atoms with van der Waals surface area (Å²) in [7, 11) is 0. The van der Waals surface area contributed by atoms with Gasteiger partial charge in [-0.25, -0.2) is 0 Å². The SMILES string of the molecule is CCOc1ccc(C(=O)NCCCN2CCC[C@H](C)C2)cc1C. The lowest BCUT2D eigenvalue weighted by atomic mass is 10.0. The number of benzene rings is 1. The number of carbonyl (C=O) groups excluding carboxylic acids is 1. The maximum atomic E-state index is 12.2. The van der Waals surface area contributed by atoms with E-state index in [1.165, 1.54) is 25.9 Å². The van der Waals surface area contributed by atoms with E-state index in [-0.39, 0.29) is 5.91 Å². The monoisotopic (exact) mass is 318 g/mol. The van der Waals surface area contributed by atoms with Crippen LogP contribution in [0.15, 0.2) is 18.2 Å². The first-order chi connectivity index (χ1) is 11.1. The fraction of sp³-hybridized carbons (Fsp3) is 0.632. The summed E-state index contributed by atoms with van der Waals surface area (Å²) in [5.74, 6) is 1.66. The van der Waals surface area contributed by atoms with Gasteiger partial charge in [-0.05, 0) is 75.9 Å². The van der Waals surface area contributed by atoms with Crippen molar-refractivity contribution in [1.29, 1.82) is 0 Å². The number of nitrogens with zero attached hydrogens (tertiary/aromatic N) is 1. The third-order valence-electron chi connectivity index (χ3n) is 4.41. The Hall–Kier alpha value is -1.55. The minimum absolute atomic E-state index is 0.00293. The molecule has 1 saturated heterocycles. The van der Waals surface area contributed by atoms with Crippen molar-refractivity contribution in [2.45, 2.75) is 40.0 Å². The van der Waals surface area contributed by atoms with Crippen LogP contribution >= 0.6 is 0 Å². The first-order valence-corrected chi connectivity index (χ1v) is 8.84. The third kappa shape index (κ3) is 5.54. The second-order valence-corrected chi connectivity index (χ2v) is 6.57. The van der Waals surface area contributed by atoms with Crippen molar-refractivity contribution in [3.63, 3.8) is 0 Å². The van der Waals surface area contributed by atoms with E-state index in [0.29, 0.717) is 12.2 Å². The molecule has 2 rings (SSSR count). The highest BCUT2D eigenvalue weighted by Crippen LogP contribution is 2.19. The van der Waals surface area contributed by atoms with E-state index in [2.05, 4.69) is 17.1 Å². The smallest absolute Gasteiger partial charge is 0.251 e. The molecule has 1 N–H and O–H groups in total. The molecular weight excluding hydrogens is 288 g/mol. The maximum absolute atomic E-state index is 12.2. The second kappa shape index (κ2) is 8.92. The van der Waals surface area contributed by atoms with Crippen LogP contribution in [0.1, 0.15) is 49.0 Å². The van der Waals surface area contributed by atoms with E-state index < -0.39 is 0 Å². The minimum Gasteiger partial charge on any atom is -0.494 e. The third-order valence-corrected chi connectivity index (χ3v) is 4.41. The van der Waals surface area contributed by atoms with Crippen molar-refractivity contribution in [2.75, 3.05) is 32.8 Å². The van der Waals surface area contributed by atoms with Crippen LogP contribution in [0.25, 0.3) is 0 Å². The zero-order chi connectivity index (χ0) is 16.7. The normalized spacial score (nSPS) is 18.7. The minimum atomic E-state index is 0.00293. The lowest BCUT2D eigenvalue weighted by Crippen LogP contribution is -2.36. The van der Waals surface area contributed by atoms with Crippen LogP contribution in [0.3, 0.4) is 0 Å². The number of amides is 1.